The number of carbonyl (C=O) groups excluding carboxylic acids is 2. The van der Waals surface area contributed by atoms with E-state index in [4.69, 9.17) is 13.9 Å². The van der Waals surface area contributed by atoms with Crippen molar-refractivity contribution < 1.29 is 28.6 Å². The zero-order chi connectivity index (χ0) is 20.6. The molecule has 8 heteroatoms. The van der Waals surface area contributed by atoms with Crippen molar-refractivity contribution in [3.8, 4) is 11.5 Å². The minimum absolute atomic E-state index is 0.0272. The summed E-state index contributed by atoms with van der Waals surface area (Å²) in [6.45, 7) is 6.38. The molecule has 2 heterocycles. The summed E-state index contributed by atoms with van der Waals surface area (Å²) in [5.41, 5.74) is -0.173. The lowest BCUT2D eigenvalue weighted by Crippen LogP contribution is -2.49. The standard InChI is InChI=1S/C20H23NO7/c1-10-7-21(8-11(2)27-10)17(23)6-14-12(3)13-5-16(26-4)18(24)15(9-22)19(13)28-20(14)25/h5,9-11,24H,6-8H2,1-4H3/t10-,11-/m1/s1. The molecule has 3 rings (SSSR count). The summed E-state index contributed by atoms with van der Waals surface area (Å²) in [6, 6.07) is 1.49. The second-order valence-corrected chi connectivity index (χ2v) is 7.06. The number of aromatic hydroxyl groups is 1. The number of fused-ring (bicyclic) bond motifs is 1. The molecule has 1 amide bonds. The van der Waals surface area contributed by atoms with Crippen LogP contribution in [0.5, 0.6) is 11.5 Å². The summed E-state index contributed by atoms with van der Waals surface area (Å²) in [5.74, 6) is -0.509. The fourth-order valence-electron chi connectivity index (χ4n) is 3.62. The molecule has 1 fully saturated rings. The van der Waals surface area contributed by atoms with E-state index < -0.39 is 11.4 Å². The molecule has 1 aromatic carbocycles. The highest BCUT2D eigenvalue weighted by Gasteiger charge is 2.28. The van der Waals surface area contributed by atoms with Crippen molar-refractivity contribution in [2.75, 3.05) is 20.2 Å². The van der Waals surface area contributed by atoms with Crippen LogP contribution in [0.1, 0.15) is 35.3 Å². The monoisotopic (exact) mass is 389 g/mol. The quantitative estimate of drug-likeness (QED) is 0.628. The molecule has 8 nitrogen and oxygen atoms in total. The van der Waals surface area contributed by atoms with Crippen molar-refractivity contribution in [2.45, 2.75) is 39.4 Å². The van der Waals surface area contributed by atoms with Gasteiger partial charge in [0.2, 0.25) is 5.91 Å². The minimum Gasteiger partial charge on any atom is -0.504 e. The molecule has 1 aliphatic rings. The number of amides is 1. The number of carbonyl (C=O) groups is 2. The minimum atomic E-state index is -0.708. The first-order valence-corrected chi connectivity index (χ1v) is 9.01. The predicted octanol–water partition coefficient (Wildman–Crippen LogP) is 1.81. The summed E-state index contributed by atoms with van der Waals surface area (Å²) in [7, 11) is 1.36. The van der Waals surface area contributed by atoms with E-state index in [-0.39, 0.29) is 47.0 Å². The van der Waals surface area contributed by atoms with Gasteiger partial charge >= 0.3 is 5.63 Å². The van der Waals surface area contributed by atoms with Gasteiger partial charge in [-0.1, -0.05) is 0 Å². The van der Waals surface area contributed by atoms with E-state index in [1.165, 1.54) is 13.2 Å². The van der Waals surface area contributed by atoms with Gasteiger partial charge in [0.1, 0.15) is 5.56 Å². The topological polar surface area (TPSA) is 106 Å². The van der Waals surface area contributed by atoms with Gasteiger partial charge in [0.15, 0.2) is 23.4 Å². The highest BCUT2D eigenvalue weighted by molar-refractivity contribution is 6.00. The molecule has 1 aromatic heterocycles. The zero-order valence-electron chi connectivity index (χ0n) is 16.3. The smallest absolute Gasteiger partial charge is 0.340 e. The molecule has 2 atom stereocenters. The Labute approximate surface area is 161 Å². The molecule has 1 aliphatic heterocycles. The Morgan fingerprint density at radius 1 is 1.36 bits per heavy atom. The van der Waals surface area contributed by atoms with E-state index in [0.29, 0.717) is 30.3 Å². The van der Waals surface area contributed by atoms with Crippen LogP contribution in [-0.2, 0) is 16.0 Å². The molecular weight excluding hydrogens is 366 g/mol. The molecule has 150 valence electrons. The van der Waals surface area contributed by atoms with E-state index >= 15 is 0 Å². The number of hydrogen-bond acceptors (Lipinski definition) is 7. The second kappa shape index (κ2) is 7.63. The highest BCUT2D eigenvalue weighted by Crippen LogP contribution is 2.36. The van der Waals surface area contributed by atoms with Crippen molar-refractivity contribution in [1.29, 1.82) is 0 Å². The molecule has 0 spiro atoms. The van der Waals surface area contributed by atoms with Crippen LogP contribution in [0.2, 0.25) is 0 Å². The van der Waals surface area contributed by atoms with Gasteiger partial charge in [-0.05, 0) is 32.4 Å². The van der Waals surface area contributed by atoms with Crippen LogP contribution < -0.4 is 10.4 Å². The summed E-state index contributed by atoms with van der Waals surface area (Å²) in [4.78, 5) is 38.4. The van der Waals surface area contributed by atoms with E-state index in [0.717, 1.165) is 0 Å². The first-order chi connectivity index (χ1) is 13.3. The number of phenolic OH excluding ortho intramolecular Hbond substituents is 1. The third kappa shape index (κ3) is 3.47. The second-order valence-electron chi connectivity index (χ2n) is 7.06. The largest absolute Gasteiger partial charge is 0.504 e. The van der Waals surface area contributed by atoms with Crippen LogP contribution >= 0.6 is 0 Å². The van der Waals surface area contributed by atoms with Crippen LogP contribution in [0.15, 0.2) is 15.3 Å². The fourth-order valence-corrected chi connectivity index (χ4v) is 3.62. The number of aldehydes is 1. The van der Waals surface area contributed by atoms with Gasteiger partial charge in [0.25, 0.3) is 0 Å². The molecule has 28 heavy (non-hydrogen) atoms. The van der Waals surface area contributed by atoms with Crippen molar-refractivity contribution in [1.82, 2.24) is 4.90 Å². The van der Waals surface area contributed by atoms with Crippen molar-refractivity contribution in [3.05, 3.63) is 33.2 Å². The van der Waals surface area contributed by atoms with Crippen LogP contribution in [0.3, 0.4) is 0 Å². The van der Waals surface area contributed by atoms with Gasteiger partial charge in [0, 0.05) is 18.5 Å². The SMILES string of the molecule is COc1cc2c(C)c(CC(=O)N3C[C@@H](C)O[C@H](C)C3)c(=O)oc2c(C=O)c1O. The molecule has 0 bridgehead atoms. The third-order valence-corrected chi connectivity index (χ3v) is 4.99. The maximum atomic E-state index is 12.8. The summed E-state index contributed by atoms with van der Waals surface area (Å²) in [6.07, 6.45) is 0.126. The summed E-state index contributed by atoms with van der Waals surface area (Å²) in [5, 5.41) is 10.5. The van der Waals surface area contributed by atoms with Gasteiger partial charge in [0.05, 0.1) is 31.3 Å². The first-order valence-electron chi connectivity index (χ1n) is 9.01. The average molecular weight is 389 g/mol. The van der Waals surface area contributed by atoms with Crippen LogP contribution in [0.4, 0.5) is 0 Å². The number of phenols is 1. The number of rotatable bonds is 4. The lowest BCUT2D eigenvalue weighted by atomic mass is 10.00. The number of hydrogen-bond donors (Lipinski definition) is 1. The number of ether oxygens (including phenoxy) is 2. The maximum Gasteiger partial charge on any atom is 0.340 e. The maximum absolute atomic E-state index is 12.8. The Morgan fingerprint density at radius 2 is 2.00 bits per heavy atom. The Bertz CT molecular complexity index is 984. The Balaban J connectivity index is 2.05. The number of benzene rings is 1. The molecular formula is C20H23NO7. The zero-order valence-corrected chi connectivity index (χ0v) is 16.3. The number of morpholine rings is 1. The summed E-state index contributed by atoms with van der Waals surface area (Å²) >= 11 is 0. The first kappa shape index (κ1) is 19.9. The Hall–Kier alpha value is -2.87. The van der Waals surface area contributed by atoms with Crippen molar-refractivity contribution in [2.24, 2.45) is 0 Å². The number of aryl methyl sites for hydroxylation is 1. The third-order valence-electron chi connectivity index (χ3n) is 4.99. The van der Waals surface area contributed by atoms with Gasteiger partial charge in [-0.25, -0.2) is 4.79 Å². The Kier molecular flexibility index (Phi) is 5.42. The van der Waals surface area contributed by atoms with E-state index in [9.17, 15) is 19.5 Å². The van der Waals surface area contributed by atoms with E-state index in [2.05, 4.69) is 0 Å². The van der Waals surface area contributed by atoms with E-state index in [1.807, 2.05) is 13.8 Å². The number of methoxy groups -OCH3 is 1. The molecule has 0 unspecified atom stereocenters. The van der Waals surface area contributed by atoms with Crippen LogP contribution in [0.25, 0.3) is 11.0 Å². The number of nitrogens with zero attached hydrogens (tertiary/aromatic N) is 1. The molecule has 0 radical (unpaired) electrons. The van der Waals surface area contributed by atoms with Crippen LogP contribution in [0, 0.1) is 6.92 Å². The molecule has 1 saturated heterocycles. The molecule has 0 saturated carbocycles. The lowest BCUT2D eigenvalue weighted by molar-refractivity contribution is -0.142. The molecule has 0 aliphatic carbocycles. The van der Waals surface area contributed by atoms with E-state index in [1.54, 1.807) is 11.8 Å². The van der Waals surface area contributed by atoms with Gasteiger partial charge in [-0.15, -0.1) is 0 Å². The van der Waals surface area contributed by atoms with Gasteiger partial charge in [-0.3, -0.25) is 9.59 Å². The lowest BCUT2D eigenvalue weighted by Gasteiger charge is -2.35. The van der Waals surface area contributed by atoms with Gasteiger partial charge < -0.3 is 23.9 Å². The van der Waals surface area contributed by atoms with Gasteiger partial charge in [-0.2, -0.15) is 0 Å². The van der Waals surface area contributed by atoms with Crippen molar-refractivity contribution in [3.63, 3.8) is 0 Å². The average Bonchev–Trinajstić information content (AvgIpc) is 2.64. The van der Waals surface area contributed by atoms with Crippen molar-refractivity contribution >= 4 is 23.2 Å². The fraction of sp³-hybridized carbons (Fsp3) is 0.450. The summed E-state index contributed by atoms with van der Waals surface area (Å²) < 4.78 is 16.1. The molecule has 1 N–H and O–H groups in total. The molecule has 2 aromatic rings. The highest BCUT2D eigenvalue weighted by atomic mass is 16.5. The van der Waals surface area contributed by atoms with Crippen LogP contribution in [-0.4, -0.2) is 54.6 Å². The normalized spacial score (nSPS) is 19.6. The predicted molar refractivity (Wildman–Crippen MR) is 101 cm³/mol. The Morgan fingerprint density at radius 3 is 2.57 bits per heavy atom.